The Bertz CT molecular complexity index is 876. The molecule has 0 saturated carbocycles. The number of hydrogen-bond acceptors (Lipinski definition) is 4. The number of nitrogens with zero attached hydrogens (tertiary/aromatic N) is 1. The van der Waals surface area contributed by atoms with Gasteiger partial charge in [-0.2, -0.15) is 0 Å². The molecule has 2 aromatic rings. The number of hydrogen-bond donors (Lipinski definition) is 1. The monoisotopic (exact) mass is 422 g/mol. The van der Waals surface area contributed by atoms with Gasteiger partial charge in [-0.1, -0.05) is 24.6 Å². The summed E-state index contributed by atoms with van der Waals surface area (Å²) in [4.78, 5) is 26.2. The van der Waals surface area contributed by atoms with Gasteiger partial charge < -0.3 is 19.7 Å². The molecule has 0 saturated heterocycles. The molecule has 1 N–H and O–H groups in total. The number of anilines is 1. The van der Waals surface area contributed by atoms with Gasteiger partial charge >= 0.3 is 0 Å². The lowest BCUT2D eigenvalue weighted by atomic mass is 10.1. The largest absolute Gasteiger partial charge is 0.490 e. The first kappa shape index (κ1) is 22.5. The van der Waals surface area contributed by atoms with Crippen molar-refractivity contribution in [1.29, 1.82) is 0 Å². The van der Waals surface area contributed by atoms with Crippen LogP contribution in [0.15, 0.2) is 36.4 Å². The van der Waals surface area contributed by atoms with Crippen LogP contribution in [0.4, 0.5) is 10.1 Å². The molecule has 29 heavy (non-hydrogen) atoms. The van der Waals surface area contributed by atoms with Crippen LogP contribution in [0, 0.1) is 5.82 Å². The van der Waals surface area contributed by atoms with Gasteiger partial charge in [0.05, 0.1) is 24.8 Å². The van der Waals surface area contributed by atoms with E-state index in [4.69, 9.17) is 21.1 Å². The van der Waals surface area contributed by atoms with Crippen LogP contribution in [0.5, 0.6) is 11.5 Å². The fourth-order valence-electron chi connectivity index (χ4n) is 2.57. The Kier molecular flexibility index (Phi) is 8.27. The fourth-order valence-corrected chi connectivity index (χ4v) is 2.84. The van der Waals surface area contributed by atoms with Crippen molar-refractivity contribution in [1.82, 2.24) is 4.90 Å². The topological polar surface area (TPSA) is 67.9 Å². The quantitative estimate of drug-likeness (QED) is 0.651. The summed E-state index contributed by atoms with van der Waals surface area (Å²) in [7, 11) is 1.49. The Balaban J connectivity index is 2.12. The lowest BCUT2D eigenvalue weighted by Gasteiger charge is -2.19. The third kappa shape index (κ3) is 6.35. The van der Waals surface area contributed by atoms with E-state index in [9.17, 15) is 14.0 Å². The molecule has 0 heterocycles. The summed E-state index contributed by atoms with van der Waals surface area (Å²) in [6, 6.07) is 8.55. The van der Waals surface area contributed by atoms with Crippen molar-refractivity contribution in [2.75, 3.05) is 32.1 Å². The van der Waals surface area contributed by atoms with Crippen LogP contribution >= 0.6 is 11.6 Å². The maximum Gasteiger partial charge on any atom is 0.254 e. The number of carbonyl (C=O) groups excluding carboxylic acids is 2. The Hall–Kier alpha value is -2.80. The second kappa shape index (κ2) is 10.7. The number of amides is 2. The van der Waals surface area contributed by atoms with Gasteiger partial charge in [0, 0.05) is 18.3 Å². The van der Waals surface area contributed by atoms with Crippen molar-refractivity contribution in [2.24, 2.45) is 0 Å². The molecule has 0 aliphatic rings. The maximum absolute atomic E-state index is 13.2. The molecule has 0 atom stereocenters. The molecule has 0 radical (unpaired) electrons. The lowest BCUT2D eigenvalue weighted by molar-refractivity contribution is -0.116. The molecule has 0 fully saturated rings. The smallest absolute Gasteiger partial charge is 0.254 e. The molecule has 0 spiro atoms. The average molecular weight is 423 g/mol. The van der Waals surface area contributed by atoms with E-state index in [1.807, 2.05) is 13.8 Å². The zero-order valence-electron chi connectivity index (χ0n) is 16.6. The fraction of sp³-hybridized carbons (Fsp3) is 0.333. The van der Waals surface area contributed by atoms with Crippen LogP contribution in [0.3, 0.4) is 0 Å². The number of ether oxygens (including phenoxy) is 2. The summed E-state index contributed by atoms with van der Waals surface area (Å²) in [5.41, 5.74) is 0.582. The molecule has 0 aliphatic heterocycles. The third-order valence-corrected chi connectivity index (χ3v) is 4.12. The summed E-state index contributed by atoms with van der Waals surface area (Å²) in [5, 5.41) is 2.81. The lowest BCUT2D eigenvalue weighted by Crippen LogP contribution is -2.35. The average Bonchev–Trinajstić information content (AvgIpc) is 2.66. The van der Waals surface area contributed by atoms with Crippen LogP contribution in [-0.2, 0) is 4.79 Å². The summed E-state index contributed by atoms with van der Waals surface area (Å²) in [5.74, 6) is -0.571. The van der Waals surface area contributed by atoms with Crippen molar-refractivity contribution in [3.05, 3.63) is 52.8 Å². The number of halogens is 2. The van der Waals surface area contributed by atoms with Gasteiger partial charge in [-0.3, -0.25) is 9.59 Å². The predicted octanol–water partition coefficient (Wildman–Crippen LogP) is 4.38. The van der Waals surface area contributed by atoms with Crippen LogP contribution in [0.2, 0.25) is 5.02 Å². The highest BCUT2D eigenvalue weighted by Gasteiger charge is 2.20. The zero-order valence-corrected chi connectivity index (χ0v) is 17.4. The van der Waals surface area contributed by atoms with Gasteiger partial charge in [0.25, 0.3) is 5.91 Å². The van der Waals surface area contributed by atoms with Crippen LogP contribution in [-0.4, -0.2) is 43.5 Å². The van der Waals surface area contributed by atoms with Crippen molar-refractivity contribution >= 4 is 29.1 Å². The molecule has 2 rings (SSSR count). The van der Waals surface area contributed by atoms with E-state index in [0.717, 1.165) is 6.42 Å². The number of rotatable bonds is 9. The van der Waals surface area contributed by atoms with Crippen molar-refractivity contribution in [3.63, 3.8) is 0 Å². The first-order valence-electron chi connectivity index (χ1n) is 9.25. The highest BCUT2D eigenvalue weighted by molar-refractivity contribution is 6.32. The molecular formula is C21H24ClFN2O4. The molecule has 0 bridgehead atoms. The Labute approximate surface area is 174 Å². The van der Waals surface area contributed by atoms with Crippen LogP contribution < -0.4 is 14.8 Å². The summed E-state index contributed by atoms with van der Waals surface area (Å²) < 4.78 is 24.4. The van der Waals surface area contributed by atoms with E-state index >= 15 is 0 Å². The van der Waals surface area contributed by atoms with Gasteiger partial charge in [-0.15, -0.1) is 0 Å². The Morgan fingerprint density at radius 2 is 1.93 bits per heavy atom. The normalized spacial score (nSPS) is 10.4. The van der Waals surface area contributed by atoms with E-state index in [1.54, 1.807) is 12.1 Å². The van der Waals surface area contributed by atoms with E-state index < -0.39 is 17.6 Å². The van der Waals surface area contributed by atoms with E-state index in [1.165, 1.54) is 36.2 Å². The summed E-state index contributed by atoms with van der Waals surface area (Å²) in [6.07, 6.45) is 0.797. The number of likely N-dealkylation sites (N-methyl/N-ethyl adjacent to an activating group) is 1. The van der Waals surface area contributed by atoms with Gasteiger partial charge in [0.1, 0.15) is 5.82 Å². The Morgan fingerprint density at radius 1 is 1.17 bits per heavy atom. The first-order valence-corrected chi connectivity index (χ1v) is 9.63. The summed E-state index contributed by atoms with van der Waals surface area (Å²) in [6.45, 7) is 4.41. The molecule has 2 amide bonds. The second-order valence-electron chi connectivity index (χ2n) is 6.29. The first-order chi connectivity index (χ1) is 13.8. The van der Waals surface area contributed by atoms with Crippen molar-refractivity contribution in [3.8, 4) is 11.5 Å². The minimum absolute atomic E-state index is 0.217. The SMILES string of the molecule is CCCOc1c(Cl)cc(C(=O)N(C)CC(=O)Nc2cccc(F)c2)cc1OCC. The predicted molar refractivity (Wildman–Crippen MR) is 110 cm³/mol. The van der Waals surface area contributed by atoms with Crippen LogP contribution in [0.25, 0.3) is 0 Å². The van der Waals surface area contributed by atoms with Crippen LogP contribution in [0.1, 0.15) is 30.6 Å². The van der Waals surface area contributed by atoms with Gasteiger partial charge in [0.15, 0.2) is 11.5 Å². The molecule has 0 aliphatic carbocycles. The second-order valence-corrected chi connectivity index (χ2v) is 6.69. The minimum atomic E-state index is -0.462. The van der Waals surface area contributed by atoms with E-state index in [0.29, 0.717) is 30.4 Å². The summed E-state index contributed by atoms with van der Waals surface area (Å²) >= 11 is 6.29. The number of carbonyl (C=O) groups is 2. The standard InChI is InChI=1S/C21H24ClFN2O4/c1-4-9-29-20-17(22)10-14(11-18(20)28-5-2)21(27)25(3)13-19(26)24-16-8-6-7-15(23)12-16/h6-8,10-12H,4-5,9,13H2,1-3H3,(H,24,26). The van der Waals surface area contributed by atoms with Gasteiger partial charge in [-0.05, 0) is 43.7 Å². The molecule has 0 unspecified atom stereocenters. The highest BCUT2D eigenvalue weighted by Crippen LogP contribution is 2.37. The van der Waals surface area contributed by atoms with E-state index in [-0.39, 0.29) is 17.1 Å². The van der Waals surface area contributed by atoms with Crippen molar-refractivity contribution < 1.29 is 23.5 Å². The molecular weight excluding hydrogens is 399 g/mol. The Morgan fingerprint density at radius 3 is 2.59 bits per heavy atom. The molecule has 6 nitrogen and oxygen atoms in total. The molecule has 2 aromatic carbocycles. The third-order valence-electron chi connectivity index (χ3n) is 3.84. The van der Waals surface area contributed by atoms with Gasteiger partial charge in [-0.25, -0.2) is 4.39 Å². The number of benzene rings is 2. The number of nitrogens with one attached hydrogen (secondary N) is 1. The van der Waals surface area contributed by atoms with Gasteiger partial charge in [0.2, 0.25) is 5.91 Å². The molecule has 156 valence electrons. The van der Waals surface area contributed by atoms with Crippen molar-refractivity contribution in [2.45, 2.75) is 20.3 Å². The highest BCUT2D eigenvalue weighted by atomic mass is 35.5. The minimum Gasteiger partial charge on any atom is -0.490 e. The molecule has 8 heteroatoms. The van der Waals surface area contributed by atoms with E-state index in [2.05, 4.69) is 5.32 Å². The molecule has 0 aromatic heterocycles. The maximum atomic E-state index is 13.2. The zero-order chi connectivity index (χ0) is 21.4.